The predicted octanol–water partition coefficient (Wildman–Crippen LogP) is 3.68. The first-order valence-electron chi connectivity index (χ1n) is 6.53. The quantitative estimate of drug-likeness (QED) is 0.690. The minimum absolute atomic E-state index is 0.297. The second-order valence-electron chi connectivity index (χ2n) is 4.48. The second-order valence-corrected chi connectivity index (χ2v) is 4.74. The summed E-state index contributed by atoms with van der Waals surface area (Å²) in [6.45, 7) is 0. The van der Waals surface area contributed by atoms with E-state index in [0.717, 1.165) is 22.8 Å². The van der Waals surface area contributed by atoms with Gasteiger partial charge in [-0.1, -0.05) is 30.3 Å². The van der Waals surface area contributed by atoms with Crippen molar-refractivity contribution in [3.8, 4) is 22.8 Å². The third-order valence-electron chi connectivity index (χ3n) is 3.19. The molecule has 0 saturated heterocycles. The van der Waals surface area contributed by atoms with Crippen LogP contribution in [0.1, 0.15) is 5.82 Å². The van der Waals surface area contributed by atoms with E-state index in [4.69, 9.17) is 16.3 Å². The summed E-state index contributed by atoms with van der Waals surface area (Å²) in [5.41, 5.74) is 1.91. The van der Waals surface area contributed by atoms with Crippen LogP contribution in [-0.4, -0.2) is 21.9 Å². The number of hydrogen-bond donors (Lipinski definition) is 0. The highest BCUT2D eigenvalue weighted by Crippen LogP contribution is 2.26. The normalized spacial score (nSPS) is 10.6. The van der Waals surface area contributed by atoms with E-state index in [9.17, 15) is 0 Å². The van der Waals surface area contributed by atoms with Crippen LogP contribution >= 0.6 is 11.6 Å². The maximum absolute atomic E-state index is 5.99. The molecule has 0 saturated carbocycles. The number of para-hydroxylation sites is 1. The SMILES string of the molecule is COc1cccc(-c2nnc(CCl)n2-c2ccccc2)c1. The van der Waals surface area contributed by atoms with Crippen LogP contribution in [0.25, 0.3) is 17.1 Å². The van der Waals surface area contributed by atoms with Crippen molar-refractivity contribution in [1.29, 1.82) is 0 Å². The lowest BCUT2D eigenvalue weighted by atomic mass is 10.2. The fourth-order valence-corrected chi connectivity index (χ4v) is 2.37. The Morgan fingerprint density at radius 1 is 1.05 bits per heavy atom. The lowest BCUT2D eigenvalue weighted by Gasteiger charge is -2.10. The Balaban J connectivity index is 2.17. The molecule has 21 heavy (non-hydrogen) atoms. The molecule has 0 N–H and O–H groups in total. The second kappa shape index (κ2) is 5.97. The molecule has 0 unspecified atom stereocenters. The molecule has 2 aromatic carbocycles. The Hall–Kier alpha value is -2.33. The zero-order valence-corrected chi connectivity index (χ0v) is 12.3. The fourth-order valence-electron chi connectivity index (χ4n) is 2.20. The van der Waals surface area contributed by atoms with Gasteiger partial charge in [-0.15, -0.1) is 21.8 Å². The van der Waals surface area contributed by atoms with Gasteiger partial charge in [-0.2, -0.15) is 0 Å². The Kier molecular flexibility index (Phi) is 3.88. The van der Waals surface area contributed by atoms with Crippen molar-refractivity contribution in [3.05, 3.63) is 60.4 Å². The first kappa shape index (κ1) is 13.6. The van der Waals surface area contributed by atoms with Gasteiger partial charge in [-0.25, -0.2) is 0 Å². The van der Waals surface area contributed by atoms with E-state index in [1.807, 2.05) is 59.2 Å². The van der Waals surface area contributed by atoms with E-state index in [2.05, 4.69) is 10.2 Å². The van der Waals surface area contributed by atoms with E-state index in [-0.39, 0.29) is 0 Å². The van der Waals surface area contributed by atoms with Crippen molar-refractivity contribution in [2.24, 2.45) is 0 Å². The van der Waals surface area contributed by atoms with Crippen molar-refractivity contribution in [1.82, 2.24) is 14.8 Å². The van der Waals surface area contributed by atoms with Crippen LogP contribution in [0.4, 0.5) is 0 Å². The average Bonchev–Trinajstić information content (AvgIpc) is 2.99. The molecule has 0 fully saturated rings. The van der Waals surface area contributed by atoms with Crippen molar-refractivity contribution in [2.75, 3.05) is 7.11 Å². The molecule has 1 heterocycles. The molecule has 106 valence electrons. The van der Waals surface area contributed by atoms with Gasteiger partial charge in [0.1, 0.15) is 5.75 Å². The van der Waals surface area contributed by atoms with Gasteiger partial charge in [0.25, 0.3) is 0 Å². The molecule has 3 rings (SSSR count). The van der Waals surface area contributed by atoms with E-state index < -0.39 is 0 Å². The van der Waals surface area contributed by atoms with Gasteiger partial charge < -0.3 is 4.74 Å². The lowest BCUT2D eigenvalue weighted by Crippen LogP contribution is -2.01. The van der Waals surface area contributed by atoms with Gasteiger partial charge in [0.05, 0.1) is 13.0 Å². The van der Waals surface area contributed by atoms with Crippen LogP contribution in [-0.2, 0) is 5.88 Å². The monoisotopic (exact) mass is 299 g/mol. The number of ether oxygens (including phenoxy) is 1. The highest BCUT2D eigenvalue weighted by molar-refractivity contribution is 6.16. The van der Waals surface area contributed by atoms with Gasteiger partial charge in [0.15, 0.2) is 11.6 Å². The van der Waals surface area contributed by atoms with Crippen LogP contribution in [0.2, 0.25) is 0 Å². The molecular formula is C16H14ClN3O. The number of aromatic nitrogens is 3. The predicted molar refractivity (Wildman–Crippen MR) is 82.9 cm³/mol. The highest BCUT2D eigenvalue weighted by Gasteiger charge is 2.15. The molecule has 0 aliphatic rings. The average molecular weight is 300 g/mol. The number of nitrogens with zero attached hydrogens (tertiary/aromatic N) is 3. The molecule has 0 amide bonds. The van der Waals surface area contributed by atoms with Gasteiger partial charge in [-0.3, -0.25) is 4.57 Å². The molecule has 4 nitrogen and oxygen atoms in total. The van der Waals surface area contributed by atoms with E-state index in [1.54, 1.807) is 7.11 Å². The topological polar surface area (TPSA) is 39.9 Å². The molecule has 0 radical (unpaired) electrons. The zero-order valence-electron chi connectivity index (χ0n) is 11.5. The molecule has 1 aromatic heterocycles. The van der Waals surface area contributed by atoms with Crippen LogP contribution in [0, 0.1) is 0 Å². The highest BCUT2D eigenvalue weighted by atomic mass is 35.5. The molecule has 0 aliphatic heterocycles. The molecule has 0 aliphatic carbocycles. The molecule has 0 spiro atoms. The minimum Gasteiger partial charge on any atom is -0.497 e. The summed E-state index contributed by atoms with van der Waals surface area (Å²) in [7, 11) is 1.64. The maximum atomic E-state index is 5.99. The summed E-state index contributed by atoms with van der Waals surface area (Å²) in [5.74, 6) is 2.53. The number of benzene rings is 2. The summed E-state index contributed by atoms with van der Waals surface area (Å²) in [5, 5.41) is 8.47. The Labute approximate surface area is 128 Å². The molecular weight excluding hydrogens is 286 g/mol. The number of rotatable bonds is 4. The number of hydrogen-bond acceptors (Lipinski definition) is 3. The van der Waals surface area contributed by atoms with Gasteiger partial charge in [0.2, 0.25) is 0 Å². The van der Waals surface area contributed by atoms with Crippen LogP contribution in [0.3, 0.4) is 0 Å². The largest absolute Gasteiger partial charge is 0.497 e. The Bertz CT molecular complexity index is 740. The zero-order chi connectivity index (χ0) is 14.7. The Morgan fingerprint density at radius 2 is 1.86 bits per heavy atom. The van der Waals surface area contributed by atoms with Gasteiger partial charge in [0, 0.05) is 11.3 Å². The third-order valence-corrected chi connectivity index (χ3v) is 3.43. The van der Waals surface area contributed by atoms with Gasteiger partial charge >= 0.3 is 0 Å². The summed E-state index contributed by atoms with van der Waals surface area (Å²) in [6, 6.07) is 17.7. The number of alkyl halides is 1. The van der Waals surface area contributed by atoms with Crippen LogP contribution in [0.15, 0.2) is 54.6 Å². The van der Waals surface area contributed by atoms with E-state index in [1.165, 1.54) is 0 Å². The molecule has 0 bridgehead atoms. The molecule has 3 aromatic rings. The first-order chi connectivity index (χ1) is 10.3. The maximum Gasteiger partial charge on any atom is 0.168 e. The van der Waals surface area contributed by atoms with E-state index in [0.29, 0.717) is 11.7 Å². The summed E-state index contributed by atoms with van der Waals surface area (Å²) < 4.78 is 7.23. The van der Waals surface area contributed by atoms with Crippen molar-refractivity contribution < 1.29 is 4.74 Å². The fraction of sp³-hybridized carbons (Fsp3) is 0.125. The summed E-state index contributed by atoms with van der Waals surface area (Å²) in [6.07, 6.45) is 0. The minimum atomic E-state index is 0.297. The smallest absolute Gasteiger partial charge is 0.168 e. The van der Waals surface area contributed by atoms with Crippen LogP contribution in [0.5, 0.6) is 5.75 Å². The van der Waals surface area contributed by atoms with Crippen molar-refractivity contribution >= 4 is 11.6 Å². The standard InChI is InChI=1S/C16H14ClN3O/c1-21-14-9-5-6-12(10-14)16-19-18-15(11-17)20(16)13-7-3-2-4-8-13/h2-10H,11H2,1H3. The van der Waals surface area contributed by atoms with Crippen molar-refractivity contribution in [2.45, 2.75) is 5.88 Å². The number of methoxy groups -OCH3 is 1. The Morgan fingerprint density at radius 3 is 2.57 bits per heavy atom. The number of halogens is 1. The van der Waals surface area contributed by atoms with E-state index >= 15 is 0 Å². The summed E-state index contributed by atoms with van der Waals surface area (Å²) >= 11 is 5.99. The lowest BCUT2D eigenvalue weighted by molar-refractivity contribution is 0.415. The third kappa shape index (κ3) is 2.62. The van der Waals surface area contributed by atoms with Gasteiger partial charge in [-0.05, 0) is 24.3 Å². The van der Waals surface area contributed by atoms with Crippen LogP contribution < -0.4 is 4.74 Å². The molecule has 0 atom stereocenters. The first-order valence-corrected chi connectivity index (χ1v) is 7.07. The van der Waals surface area contributed by atoms with Crippen molar-refractivity contribution in [3.63, 3.8) is 0 Å². The summed E-state index contributed by atoms with van der Waals surface area (Å²) in [4.78, 5) is 0. The molecule has 5 heteroatoms.